The van der Waals surface area contributed by atoms with E-state index in [4.69, 9.17) is 0 Å². The zero-order valence-electron chi connectivity index (χ0n) is 10.5. The number of hydrogen-bond acceptors (Lipinski definition) is 3. The molecule has 1 fully saturated rings. The number of nitrogens with zero attached hydrogens (tertiary/aromatic N) is 2. The van der Waals surface area contributed by atoms with E-state index in [0.29, 0.717) is 5.41 Å². The van der Waals surface area contributed by atoms with Gasteiger partial charge < -0.3 is 10.2 Å². The van der Waals surface area contributed by atoms with Crippen molar-refractivity contribution in [3.63, 3.8) is 0 Å². The molecule has 1 saturated heterocycles. The van der Waals surface area contributed by atoms with E-state index in [9.17, 15) is 0 Å². The number of pyridine rings is 1. The summed E-state index contributed by atoms with van der Waals surface area (Å²) < 4.78 is 0. The molecule has 3 nitrogen and oxygen atoms in total. The summed E-state index contributed by atoms with van der Waals surface area (Å²) in [5.41, 5.74) is 1.49. The summed E-state index contributed by atoms with van der Waals surface area (Å²) in [7, 11) is 2.03. The van der Waals surface area contributed by atoms with E-state index in [1.54, 1.807) is 0 Å². The van der Waals surface area contributed by atoms with E-state index in [0.717, 1.165) is 31.1 Å². The zero-order valence-corrected chi connectivity index (χ0v) is 10.5. The van der Waals surface area contributed by atoms with Crippen molar-refractivity contribution in [3.8, 4) is 0 Å². The molecule has 2 heterocycles. The molecule has 0 saturated carbocycles. The molecule has 0 aliphatic carbocycles. The van der Waals surface area contributed by atoms with E-state index < -0.39 is 0 Å². The van der Waals surface area contributed by atoms with Gasteiger partial charge in [-0.1, -0.05) is 13.0 Å². The van der Waals surface area contributed by atoms with Gasteiger partial charge in [0.05, 0.1) is 0 Å². The van der Waals surface area contributed by atoms with Gasteiger partial charge in [-0.2, -0.15) is 0 Å². The lowest BCUT2D eigenvalue weighted by molar-refractivity contribution is 0.356. The molecule has 1 aliphatic rings. The average molecular weight is 219 g/mol. The van der Waals surface area contributed by atoms with Gasteiger partial charge in [0.1, 0.15) is 5.82 Å². The Morgan fingerprint density at radius 3 is 3.00 bits per heavy atom. The van der Waals surface area contributed by atoms with Crippen LogP contribution in [0.5, 0.6) is 0 Å². The molecule has 1 N–H and O–H groups in total. The largest absolute Gasteiger partial charge is 0.356 e. The Morgan fingerprint density at radius 1 is 1.50 bits per heavy atom. The lowest BCUT2D eigenvalue weighted by atomic mass is 9.90. The zero-order chi connectivity index (χ0) is 11.6. The minimum Gasteiger partial charge on any atom is -0.356 e. The maximum atomic E-state index is 4.59. The second-order valence-corrected chi connectivity index (χ2v) is 5.15. The van der Waals surface area contributed by atoms with Gasteiger partial charge in [0, 0.05) is 25.3 Å². The lowest BCUT2D eigenvalue weighted by Crippen LogP contribution is -2.33. The normalized spacial score (nSPS) is 25.1. The summed E-state index contributed by atoms with van der Waals surface area (Å²) in [5, 5.41) is 3.29. The summed E-state index contributed by atoms with van der Waals surface area (Å²) >= 11 is 0. The Hall–Kier alpha value is -1.09. The number of aryl methyl sites for hydroxylation is 1. The number of nitrogens with one attached hydrogen (secondary N) is 1. The smallest absolute Gasteiger partial charge is 0.128 e. The third kappa shape index (κ3) is 2.35. The van der Waals surface area contributed by atoms with Crippen LogP contribution in [0.25, 0.3) is 0 Å². The molecule has 3 heteroatoms. The molecule has 0 aromatic carbocycles. The highest BCUT2D eigenvalue weighted by atomic mass is 15.2. The molecule has 1 unspecified atom stereocenters. The number of anilines is 1. The summed E-state index contributed by atoms with van der Waals surface area (Å²) in [6, 6.07) is 6.25. The molecule has 1 atom stereocenters. The highest BCUT2D eigenvalue weighted by Crippen LogP contribution is 2.31. The second kappa shape index (κ2) is 4.42. The first-order valence-electron chi connectivity index (χ1n) is 5.96. The van der Waals surface area contributed by atoms with Crippen LogP contribution in [0.2, 0.25) is 0 Å². The molecule has 0 spiro atoms. The Balaban J connectivity index is 2.09. The highest BCUT2D eigenvalue weighted by molar-refractivity contribution is 5.41. The first kappa shape index (κ1) is 11.4. The maximum absolute atomic E-state index is 4.59. The van der Waals surface area contributed by atoms with Crippen LogP contribution in [0.3, 0.4) is 0 Å². The van der Waals surface area contributed by atoms with Crippen LogP contribution in [0, 0.1) is 12.3 Å². The summed E-state index contributed by atoms with van der Waals surface area (Å²) in [6.45, 7) is 7.69. The van der Waals surface area contributed by atoms with Crippen LogP contribution in [0.4, 0.5) is 5.82 Å². The van der Waals surface area contributed by atoms with Crippen molar-refractivity contribution < 1.29 is 0 Å². The van der Waals surface area contributed by atoms with Crippen molar-refractivity contribution in [2.75, 3.05) is 31.6 Å². The van der Waals surface area contributed by atoms with Crippen LogP contribution >= 0.6 is 0 Å². The number of rotatable bonds is 3. The minimum atomic E-state index is 0.389. The van der Waals surface area contributed by atoms with Crippen LogP contribution in [-0.2, 0) is 0 Å². The fourth-order valence-electron chi connectivity index (χ4n) is 2.50. The fraction of sp³-hybridized carbons (Fsp3) is 0.615. The van der Waals surface area contributed by atoms with Crippen molar-refractivity contribution in [3.05, 3.63) is 23.9 Å². The predicted octanol–water partition coefficient (Wildman–Crippen LogP) is 1.83. The Morgan fingerprint density at radius 2 is 2.31 bits per heavy atom. The second-order valence-electron chi connectivity index (χ2n) is 5.15. The lowest BCUT2D eigenvalue weighted by Gasteiger charge is -2.24. The third-order valence-corrected chi connectivity index (χ3v) is 3.36. The molecule has 2 rings (SSSR count). The van der Waals surface area contributed by atoms with Crippen molar-refractivity contribution in [1.82, 2.24) is 10.3 Å². The average Bonchev–Trinajstić information content (AvgIpc) is 2.61. The quantitative estimate of drug-likeness (QED) is 0.840. The van der Waals surface area contributed by atoms with Crippen molar-refractivity contribution in [1.29, 1.82) is 0 Å². The molecule has 0 amide bonds. The first-order chi connectivity index (χ1) is 7.63. The molecule has 0 bridgehead atoms. The molecule has 88 valence electrons. The number of hydrogen-bond donors (Lipinski definition) is 1. The van der Waals surface area contributed by atoms with Gasteiger partial charge in [-0.3, -0.25) is 0 Å². The molecule has 1 aromatic rings. The van der Waals surface area contributed by atoms with Gasteiger partial charge in [-0.15, -0.1) is 0 Å². The molecule has 1 aliphatic heterocycles. The van der Waals surface area contributed by atoms with E-state index in [-0.39, 0.29) is 0 Å². The van der Waals surface area contributed by atoms with Crippen molar-refractivity contribution in [2.24, 2.45) is 5.41 Å². The van der Waals surface area contributed by atoms with Gasteiger partial charge in [0.2, 0.25) is 0 Å². The molecular weight excluding hydrogens is 198 g/mol. The van der Waals surface area contributed by atoms with Gasteiger partial charge >= 0.3 is 0 Å². The fourth-order valence-corrected chi connectivity index (χ4v) is 2.50. The molecule has 0 radical (unpaired) electrons. The van der Waals surface area contributed by atoms with Crippen molar-refractivity contribution in [2.45, 2.75) is 20.3 Å². The third-order valence-electron chi connectivity index (χ3n) is 3.36. The standard InChI is InChI=1S/C13H21N3/c1-11-5-4-6-12(15-11)16-8-7-13(2,10-16)9-14-3/h4-6,14H,7-10H2,1-3H3. The Labute approximate surface area is 97.9 Å². The van der Waals surface area contributed by atoms with Gasteiger partial charge in [0.25, 0.3) is 0 Å². The van der Waals surface area contributed by atoms with E-state index >= 15 is 0 Å². The van der Waals surface area contributed by atoms with Crippen LogP contribution < -0.4 is 10.2 Å². The van der Waals surface area contributed by atoms with E-state index in [1.807, 2.05) is 20.0 Å². The first-order valence-corrected chi connectivity index (χ1v) is 5.96. The van der Waals surface area contributed by atoms with Gasteiger partial charge in [0.15, 0.2) is 0 Å². The van der Waals surface area contributed by atoms with Crippen molar-refractivity contribution >= 4 is 5.82 Å². The molecule has 16 heavy (non-hydrogen) atoms. The summed E-state index contributed by atoms with van der Waals surface area (Å²) in [6.07, 6.45) is 1.24. The molecule has 1 aromatic heterocycles. The topological polar surface area (TPSA) is 28.2 Å². The van der Waals surface area contributed by atoms with Crippen LogP contribution in [-0.4, -0.2) is 31.7 Å². The van der Waals surface area contributed by atoms with E-state index in [1.165, 1.54) is 6.42 Å². The minimum absolute atomic E-state index is 0.389. The monoisotopic (exact) mass is 219 g/mol. The molecular formula is C13H21N3. The van der Waals surface area contributed by atoms with E-state index in [2.05, 4.69) is 34.3 Å². The van der Waals surface area contributed by atoms with Crippen LogP contribution in [0.15, 0.2) is 18.2 Å². The summed E-state index contributed by atoms with van der Waals surface area (Å²) in [4.78, 5) is 6.98. The van der Waals surface area contributed by atoms with Gasteiger partial charge in [-0.25, -0.2) is 4.98 Å². The maximum Gasteiger partial charge on any atom is 0.128 e. The Bertz CT molecular complexity index is 364. The number of aromatic nitrogens is 1. The predicted molar refractivity (Wildman–Crippen MR) is 67.8 cm³/mol. The van der Waals surface area contributed by atoms with Gasteiger partial charge in [-0.05, 0) is 37.9 Å². The SMILES string of the molecule is CNCC1(C)CCN(c2cccc(C)n2)C1. The highest BCUT2D eigenvalue weighted by Gasteiger charge is 2.33. The Kier molecular flexibility index (Phi) is 3.15. The van der Waals surface area contributed by atoms with Crippen LogP contribution in [0.1, 0.15) is 19.0 Å². The summed E-state index contributed by atoms with van der Waals surface area (Å²) in [5.74, 6) is 1.12.